The molecule has 0 saturated heterocycles. The van der Waals surface area contributed by atoms with Crippen molar-refractivity contribution in [3.63, 3.8) is 0 Å². The molecule has 1 aromatic carbocycles. The fraction of sp³-hybridized carbons (Fsp3) is 0.571. The normalized spacial score (nSPS) is 16.7. The van der Waals surface area contributed by atoms with Crippen molar-refractivity contribution in [3.8, 4) is 11.5 Å². The number of aliphatic hydroxyl groups excluding tert-OH is 1. The monoisotopic (exact) mass is 376 g/mol. The van der Waals surface area contributed by atoms with Crippen LogP contribution in [0.4, 0.5) is 0 Å². The zero-order chi connectivity index (χ0) is 19.9. The molecular weight excluding hydrogens is 348 g/mol. The van der Waals surface area contributed by atoms with E-state index in [4.69, 9.17) is 13.9 Å². The van der Waals surface area contributed by atoms with Crippen LogP contribution in [0.5, 0.6) is 11.5 Å². The Morgan fingerprint density at radius 1 is 1.37 bits per heavy atom. The van der Waals surface area contributed by atoms with Gasteiger partial charge in [-0.25, -0.2) is 0 Å². The predicted molar refractivity (Wildman–Crippen MR) is 103 cm³/mol. The van der Waals surface area contributed by atoms with Gasteiger partial charge in [0.15, 0.2) is 5.43 Å². The maximum Gasteiger partial charge on any atom is 0.200 e. The van der Waals surface area contributed by atoms with Crippen LogP contribution in [0, 0.1) is 5.92 Å². The fourth-order valence-electron chi connectivity index (χ4n) is 3.53. The molecule has 0 radical (unpaired) electrons. The molecule has 0 saturated carbocycles. The first-order chi connectivity index (χ1) is 12.7. The molecule has 0 spiro atoms. The molecule has 1 aromatic heterocycles. The molecule has 6 nitrogen and oxygen atoms in total. The maximum atomic E-state index is 13.2. The summed E-state index contributed by atoms with van der Waals surface area (Å²) in [5.41, 5.74) is 0.370. The number of ether oxygens (including phenoxy) is 2. The molecule has 0 amide bonds. The summed E-state index contributed by atoms with van der Waals surface area (Å²) in [7, 11) is 1.51. The van der Waals surface area contributed by atoms with Crippen molar-refractivity contribution in [2.75, 3.05) is 7.11 Å². The smallest absolute Gasteiger partial charge is 0.200 e. The van der Waals surface area contributed by atoms with Crippen LogP contribution in [0.3, 0.4) is 0 Å². The average Bonchev–Trinajstić information content (AvgIpc) is 3.02. The highest BCUT2D eigenvalue weighted by atomic mass is 16.5. The van der Waals surface area contributed by atoms with Gasteiger partial charge in [-0.15, -0.1) is 0 Å². The third-order valence-corrected chi connectivity index (χ3v) is 5.14. The van der Waals surface area contributed by atoms with Crippen molar-refractivity contribution >= 4 is 11.0 Å². The standard InChI is InChI=1S/C21H28O6/c1-11(2)6-7-12-16(10-22)26-15-9-14-13(8-17(27-14)21(3,4)24)20(25-5)18(15)19(12)23/h9,11,17,22,24H,6-8,10H2,1-5H3/t17-/m0/s1. The van der Waals surface area contributed by atoms with Gasteiger partial charge < -0.3 is 24.1 Å². The van der Waals surface area contributed by atoms with E-state index >= 15 is 0 Å². The molecule has 1 atom stereocenters. The topological polar surface area (TPSA) is 89.1 Å². The van der Waals surface area contributed by atoms with Gasteiger partial charge in [0.2, 0.25) is 0 Å². The van der Waals surface area contributed by atoms with E-state index in [0.29, 0.717) is 46.8 Å². The van der Waals surface area contributed by atoms with E-state index in [-0.39, 0.29) is 17.8 Å². The Bertz CT molecular complexity index is 904. The summed E-state index contributed by atoms with van der Waals surface area (Å²) in [4.78, 5) is 13.2. The van der Waals surface area contributed by atoms with Crippen LogP contribution in [0.25, 0.3) is 11.0 Å². The SMILES string of the molecule is COc1c2c(cc3oc(CO)c(CCC(C)C)c(=O)c13)O[C@H](C(C)(C)O)C2. The molecule has 3 rings (SSSR count). The van der Waals surface area contributed by atoms with E-state index < -0.39 is 11.7 Å². The van der Waals surface area contributed by atoms with Gasteiger partial charge in [-0.3, -0.25) is 4.79 Å². The van der Waals surface area contributed by atoms with Crippen LogP contribution in [0.1, 0.15) is 51.0 Å². The minimum atomic E-state index is -1.04. The number of rotatable bonds is 6. The zero-order valence-corrected chi connectivity index (χ0v) is 16.6. The second-order valence-electron chi connectivity index (χ2n) is 8.15. The van der Waals surface area contributed by atoms with E-state index in [1.807, 2.05) is 0 Å². The van der Waals surface area contributed by atoms with Crippen LogP contribution in [0.2, 0.25) is 0 Å². The van der Waals surface area contributed by atoms with E-state index in [2.05, 4.69) is 13.8 Å². The van der Waals surface area contributed by atoms with Crippen LogP contribution in [0.15, 0.2) is 15.3 Å². The van der Waals surface area contributed by atoms with E-state index in [1.54, 1.807) is 19.9 Å². The third-order valence-electron chi connectivity index (χ3n) is 5.14. The lowest BCUT2D eigenvalue weighted by Gasteiger charge is -2.24. The summed E-state index contributed by atoms with van der Waals surface area (Å²) >= 11 is 0. The predicted octanol–water partition coefficient (Wildman–Crippen LogP) is 2.96. The lowest BCUT2D eigenvalue weighted by Crippen LogP contribution is -2.39. The summed E-state index contributed by atoms with van der Waals surface area (Å²) in [6.45, 7) is 7.21. The Kier molecular flexibility index (Phi) is 5.23. The molecule has 27 heavy (non-hydrogen) atoms. The summed E-state index contributed by atoms with van der Waals surface area (Å²) in [6, 6.07) is 1.66. The summed E-state index contributed by atoms with van der Waals surface area (Å²) < 4.78 is 17.3. The van der Waals surface area contributed by atoms with Crippen molar-refractivity contribution in [2.24, 2.45) is 5.92 Å². The quantitative estimate of drug-likeness (QED) is 0.806. The average molecular weight is 376 g/mol. The Morgan fingerprint density at radius 3 is 2.63 bits per heavy atom. The number of hydrogen-bond acceptors (Lipinski definition) is 6. The zero-order valence-electron chi connectivity index (χ0n) is 16.6. The highest BCUT2D eigenvalue weighted by Crippen LogP contribution is 2.43. The number of benzene rings is 1. The molecule has 2 aromatic rings. The molecular formula is C21H28O6. The first kappa shape index (κ1) is 19.7. The number of fused-ring (bicyclic) bond motifs is 2. The van der Waals surface area contributed by atoms with Gasteiger partial charge in [-0.1, -0.05) is 13.8 Å². The Morgan fingerprint density at radius 2 is 2.07 bits per heavy atom. The van der Waals surface area contributed by atoms with Gasteiger partial charge in [0.05, 0.1) is 12.7 Å². The molecule has 6 heteroatoms. The third kappa shape index (κ3) is 3.56. The van der Waals surface area contributed by atoms with Crippen LogP contribution in [-0.4, -0.2) is 29.0 Å². The van der Waals surface area contributed by atoms with Crippen molar-refractivity contribution in [2.45, 2.75) is 65.3 Å². The van der Waals surface area contributed by atoms with Crippen molar-refractivity contribution < 1.29 is 24.1 Å². The minimum absolute atomic E-state index is 0.174. The van der Waals surface area contributed by atoms with Crippen LogP contribution >= 0.6 is 0 Å². The van der Waals surface area contributed by atoms with Gasteiger partial charge >= 0.3 is 0 Å². The Labute approximate surface area is 158 Å². The first-order valence-corrected chi connectivity index (χ1v) is 9.35. The van der Waals surface area contributed by atoms with E-state index in [1.165, 1.54) is 7.11 Å². The number of aliphatic hydroxyl groups is 2. The maximum absolute atomic E-state index is 13.2. The number of hydrogen-bond donors (Lipinski definition) is 2. The van der Waals surface area contributed by atoms with Gasteiger partial charge in [-0.2, -0.15) is 0 Å². The van der Waals surface area contributed by atoms with Gasteiger partial charge in [0, 0.05) is 23.6 Å². The molecule has 148 valence electrons. The van der Waals surface area contributed by atoms with Gasteiger partial charge in [0.25, 0.3) is 0 Å². The summed E-state index contributed by atoms with van der Waals surface area (Å²) in [6.07, 6.45) is 1.36. The second kappa shape index (κ2) is 7.17. The molecule has 0 aliphatic carbocycles. The molecule has 2 heterocycles. The van der Waals surface area contributed by atoms with E-state index in [9.17, 15) is 15.0 Å². The summed E-state index contributed by atoms with van der Waals surface area (Å²) in [5, 5.41) is 20.4. The molecule has 1 aliphatic heterocycles. The van der Waals surface area contributed by atoms with Crippen LogP contribution in [-0.2, 0) is 19.4 Å². The molecule has 0 fully saturated rings. The number of methoxy groups -OCH3 is 1. The highest BCUT2D eigenvalue weighted by Gasteiger charge is 2.38. The minimum Gasteiger partial charge on any atom is -0.495 e. The van der Waals surface area contributed by atoms with Crippen LogP contribution < -0.4 is 14.9 Å². The lowest BCUT2D eigenvalue weighted by atomic mass is 9.95. The fourth-order valence-corrected chi connectivity index (χ4v) is 3.53. The van der Waals surface area contributed by atoms with Crippen molar-refractivity contribution in [1.29, 1.82) is 0 Å². The van der Waals surface area contributed by atoms with Gasteiger partial charge in [0.1, 0.15) is 40.9 Å². The molecule has 0 unspecified atom stereocenters. The summed E-state index contributed by atoms with van der Waals surface area (Å²) in [5.74, 6) is 1.67. The Hall–Kier alpha value is -2.05. The van der Waals surface area contributed by atoms with Crippen molar-refractivity contribution in [1.82, 2.24) is 0 Å². The van der Waals surface area contributed by atoms with E-state index in [0.717, 1.165) is 12.0 Å². The Balaban J connectivity index is 2.21. The molecule has 2 N–H and O–H groups in total. The van der Waals surface area contributed by atoms with Crippen molar-refractivity contribution in [3.05, 3.63) is 33.2 Å². The largest absolute Gasteiger partial charge is 0.495 e. The first-order valence-electron chi connectivity index (χ1n) is 9.35. The highest BCUT2D eigenvalue weighted by molar-refractivity contribution is 5.88. The van der Waals surface area contributed by atoms with Gasteiger partial charge in [-0.05, 0) is 32.6 Å². The lowest BCUT2D eigenvalue weighted by molar-refractivity contribution is -0.0229. The molecule has 0 bridgehead atoms. The second-order valence-corrected chi connectivity index (χ2v) is 8.15. The molecule has 1 aliphatic rings.